The average Bonchev–Trinajstić information content (AvgIpc) is 2.80. The zero-order valence-electron chi connectivity index (χ0n) is 17.2. The van der Waals surface area contributed by atoms with Crippen LogP contribution in [0.15, 0.2) is 73.1 Å². The minimum Gasteiger partial charge on any atom is -0.497 e. The predicted octanol–water partition coefficient (Wildman–Crippen LogP) is 3.18. The van der Waals surface area contributed by atoms with Gasteiger partial charge in [0.25, 0.3) is 0 Å². The first-order chi connectivity index (χ1) is 15.2. The van der Waals surface area contributed by atoms with E-state index in [9.17, 15) is 15.2 Å². The molecule has 156 valence electrons. The molecule has 0 spiro atoms. The van der Waals surface area contributed by atoms with E-state index in [0.717, 1.165) is 28.0 Å². The second-order valence-corrected chi connectivity index (χ2v) is 7.54. The number of aliphatic hydroxyl groups is 1. The monoisotopic (exact) mass is 413 g/mol. The third-order valence-electron chi connectivity index (χ3n) is 5.82. The summed E-state index contributed by atoms with van der Waals surface area (Å²) in [5.41, 5.74) is 3.83. The van der Waals surface area contributed by atoms with E-state index in [1.807, 2.05) is 48.5 Å². The highest BCUT2D eigenvalue weighted by atomic mass is 16.5. The Balaban J connectivity index is 1.53. The first-order valence-corrected chi connectivity index (χ1v) is 10.1. The summed E-state index contributed by atoms with van der Waals surface area (Å²) in [6.45, 7) is -0.192. The topological polar surface area (TPSA) is 86.5 Å². The van der Waals surface area contributed by atoms with Gasteiger partial charge in [0.2, 0.25) is 5.91 Å². The van der Waals surface area contributed by atoms with E-state index in [0.29, 0.717) is 0 Å². The summed E-state index contributed by atoms with van der Waals surface area (Å²) in [4.78, 5) is 18.3. The molecule has 1 fully saturated rings. The Bertz CT molecular complexity index is 1090. The summed E-state index contributed by atoms with van der Waals surface area (Å²) in [7, 11) is 1.64. The molecule has 0 unspecified atom stereocenters. The zero-order valence-corrected chi connectivity index (χ0v) is 17.2. The maximum atomic E-state index is 12.8. The van der Waals surface area contributed by atoms with E-state index in [1.54, 1.807) is 31.6 Å². The molecule has 2 aromatic carbocycles. The van der Waals surface area contributed by atoms with Gasteiger partial charge in [-0.15, -0.1) is 0 Å². The quantitative estimate of drug-likeness (QED) is 0.671. The third-order valence-corrected chi connectivity index (χ3v) is 5.82. The molecule has 1 amide bonds. The molecule has 0 bridgehead atoms. The van der Waals surface area contributed by atoms with Crippen LogP contribution in [0, 0.1) is 11.3 Å². The number of nitrogens with zero attached hydrogens (tertiary/aromatic N) is 3. The van der Waals surface area contributed by atoms with Gasteiger partial charge in [0.05, 0.1) is 32.2 Å². The van der Waals surface area contributed by atoms with Crippen LogP contribution in [0.2, 0.25) is 0 Å². The molecule has 1 N–H and O–H groups in total. The molecular formula is C25H23N3O3. The SMILES string of the molecule is COc1cccc(-c2ccc([C@H]3[C@H](C#N)N(C(=O)Cc4ccncc4)[C@H]3CO)cc2)c1. The number of benzene rings is 2. The fourth-order valence-corrected chi connectivity index (χ4v) is 4.22. The van der Waals surface area contributed by atoms with Crippen LogP contribution < -0.4 is 4.74 Å². The van der Waals surface area contributed by atoms with Crippen LogP contribution in [0.4, 0.5) is 0 Å². The van der Waals surface area contributed by atoms with Crippen LogP contribution >= 0.6 is 0 Å². The van der Waals surface area contributed by atoms with Gasteiger partial charge in [-0.1, -0.05) is 36.4 Å². The smallest absolute Gasteiger partial charge is 0.228 e. The molecule has 31 heavy (non-hydrogen) atoms. The highest BCUT2D eigenvalue weighted by molar-refractivity contribution is 5.81. The maximum Gasteiger partial charge on any atom is 0.228 e. The number of nitriles is 1. The van der Waals surface area contributed by atoms with Crippen molar-refractivity contribution in [3.8, 4) is 22.9 Å². The molecular weight excluding hydrogens is 390 g/mol. The minimum absolute atomic E-state index is 0.166. The predicted molar refractivity (Wildman–Crippen MR) is 116 cm³/mol. The standard InChI is InChI=1S/C25H23N3O3/c1-31-21-4-2-3-20(14-21)18-5-7-19(8-6-18)25-22(15-26)28(23(25)16-29)24(30)13-17-9-11-27-12-10-17/h2-12,14,22-23,25,29H,13,16H2,1H3/t22-,23-,25-/m0/s1. The lowest BCUT2D eigenvalue weighted by Gasteiger charge is -2.51. The zero-order chi connectivity index (χ0) is 21.8. The Morgan fingerprint density at radius 3 is 2.52 bits per heavy atom. The second kappa shape index (κ2) is 8.99. The molecule has 1 aliphatic rings. The van der Waals surface area contributed by atoms with E-state index in [-0.39, 0.29) is 24.9 Å². The molecule has 3 aromatic rings. The molecule has 0 aliphatic carbocycles. The number of hydrogen-bond acceptors (Lipinski definition) is 5. The minimum atomic E-state index is -0.603. The molecule has 6 nitrogen and oxygen atoms in total. The van der Waals surface area contributed by atoms with Crippen molar-refractivity contribution in [2.24, 2.45) is 0 Å². The molecule has 1 aliphatic heterocycles. The largest absolute Gasteiger partial charge is 0.497 e. The molecule has 1 saturated heterocycles. The number of amides is 1. The van der Waals surface area contributed by atoms with Crippen molar-refractivity contribution in [1.82, 2.24) is 9.88 Å². The number of pyridine rings is 1. The molecule has 4 rings (SSSR count). The Morgan fingerprint density at radius 1 is 1.13 bits per heavy atom. The third kappa shape index (κ3) is 4.00. The Morgan fingerprint density at radius 2 is 1.87 bits per heavy atom. The summed E-state index contributed by atoms with van der Waals surface area (Å²) >= 11 is 0. The Labute approximate surface area is 181 Å². The molecule has 6 heteroatoms. The van der Waals surface area contributed by atoms with E-state index in [4.69, 9.17) is 4.74 Å². The summed E-state index contributed by atoms with van der Waals surface area (Å²) < 4.78 is 5.29. The number of carbonyl (C=O) groups is 1. The Kier molecular flexibility index (Phi) is 5.96. The van der Waals surface area contributed by atoms with Gasteiger partial charge in [-0.3, -0.25) is 9.78 Å². The van der Waals surface area contributed by atoms with Crippen LogP contribution in [0.1, 0.15) is 17.0 Å². The average molecular weight is 413 g/mol. The van der Waals surface area contributed by atoms with E-state index in [2.05, 4.69) is 11.1 Å². The van der Waals surface area contributed by atoms with Gasteiger partial charge in [0, 0.05) is 18.3 Å². The molecule has 1 aromatic heterocycles. The van der Waals surface area contributed by atoms with E-state index in [1.165, 1.54) is 4.90 Å². The summed E-state index contributed by atoms with van der Waals surface area (Å²) in [6, 6.07) is 20.5. The van der Waals surface area contributed by atoms with Crippen LogP contribution in [0.25, 0.3) is 11.1 Å². The van der Waals surface area contributed by atoms with Crippen molar-refractivity contribution in [3.05, 3.63) is 84.2 Å². The van der Waals surface area contributed by atoms with Crippen LogP contribution in [0.3, 0.4) is 0 Å². The first kappa shape index (κ1) is 20.6. The van der Waals surface area contributed by atoms with Gasteiger partial charge in [-0.2, -0.15) is 5.26 Å². The maximum absolute atomic E-state index is 12.8. The number of carbonyl (C=O) groups excluding carboxylic acids is 1. The lowest BCUT2D eigenvalue weighted by molar-refractivity contribution is -0.146. The lowest BCUT2D eigenvalue weighted by Crippen LogP contribution is -2.65. The van der Waals surface area contributed by atoms with Gasteiger partial charge in [-0.25, -0.2) is 0 Å². The fraction of sp³-hybridized carbons (Fsp3) is 0.240. The van der Waals surface area contributed by atoms with E-state index < -0.39 is 12.1 Å². The summed E-state index contributed by atoms with van der Waals surface area (Å²) in [5, 5.41) is 19.7. The fourth-order valence-electron chi connectivity index (χ4n) is 4.22. The van der Waals surface area contributed by atoms with Gasteiger partial charge in [0.15, 0.2) is 0 Å². The van der Waals surface area contributed by atoms with Crippen molar-refractivity contribution < 1.29 is 14.6 Å². The van der Waals surface area contributed by atoms with Crippen LogP contribution in [0.5, 0.6) is 5.75 Å². The van der Waals surface area contributed by atoms with Gasteiger partial charge >= 0.3 is 0 Å². The number of aliphatic hydroxyl groups excluding tert-OH is 1. The summed E-state index contributed by atoms with van der Waals surface area (Å²) in [6.07, 6.45) is 3.45. The summed E-state index contributed by atoms with van der Waals surface area (Å²) in [5.74, 6) is 0.394. The number of aromatic nitrogens is 1. The van der Waals surface area contributed by atoms with Crippen LogP contribution in [-0.2, 0) is 11.2 Å². The molecule has 3 atom stereocenters. The van der Waals surface area contributed by atoms with E-state index >= 15 is 0 Å². The highest BCUT2D eigenvalue weighted by Gasteiger charge is 2.51. The van der Waals surface area contributed by atoms with Crippen molar-refractivity contribution in [2.45, 2.75) is 24.4 Å². The number of likely N-dealkylation sites (tertiary alicyclic amines) is 1. The number of ether oxygens (including phenoxy) is 1. The molecule has 2 heterocycles. The van der Waals surface area contributed by atoms with Crippen molar-refractivity contribution in [2.75, 3.05) is 13.7 Å². The van der Waals surface area contributed by atoms with Gasteiger partial charge in [-0.05, 0) is 46.5 Å². The van der Waals surface area contributed by atoms with Gasteiger partial charge in [0.1, 0.15) is 11.8 Å². The van der Waals surface area contributed by atoms with Crippen molar-refractivity contribution in [1.29, 1.82) is 5.26 Å². The normalized spacial score (nSPS) is 19.9. The lowest BCUT2D eigenvalue weighted by atomic mass is 9.75. The first-order valence-electron chi connectivity index (χ1n) is 10.1. The van der Waals surface area contributed by atoms with Gasteiger partial charge < -0.3 is 14.7 Å². The number of hydrogen-bond donors (Lipinski definition) is 1. The molecule has 0 radical (unpaired) electrons. The second-order valence-electron chi connectivity index (χ2n) is 7.54. The van der Waals surface area contributed by atoms with Crippen molar-refractivity contribution in [3.63, 3.8) is 0 Å². The number of methoxy groups -OCH3 is 1. The Hall–Kier alpha value is -3.69. The van der Waals surface area contributed by atoms with Crippen molar-refractivity contribution >= 4 is 5.91 Å². The van der Waals surface area contributed by atoms with Crippen LogP contribution in [-0.4, -0.2) is 46.7 Å². The molecule has 0 saturated carbocycles. The highest BCUT2D eigenvalue weighted by Crippen LogP contribution is 2.41. The number of rotatable bonds is 6.